The molecule has 1 aromatic heterocycles. The molecule has 15 heavy (non-hydrogen) atoms. The van der Waals surface area contributed by atoms with E-state index in [2.05, 4.69) is 0 Å². The van der Waals surface area contributed by atoms with Crippen molar-refractivity contribution < 1.29 is 9.53 Å². The Bertz CT molecular complexity index is 299. The number of hydrogen-bond acceptors (Lipinski definition) is 3. The van der Waals surface area contributed by atoms with Gasteiger partial charge in [-0.2, -0.15) is 0 Å². The molecule has 0 aliphatic carbocycles. The zero-order valence-corrected chi connectivity index (χ0v) is 10.6. The Labute approximate surface area is 95.6 Å². The van der Waals surface area contributed by atoms with Gasteiger partial charge in [0.1, 0.15) is 0 Å². The van der Waals surface area contributed by atoms with E-state index >= 15 is 0 Å². The Morgan fingerprint density at radius 1 is 1.53 bits per heavy atom. The number of rotatable bonds is 3. The molecule has 0 aromatic carbocycles. The Hall–Kier alpha value is -1.09. The van der Waals surface area contributed by atoms with Crippen LogP contribution in [0.15, 0.2) is 23.1 Å². The summed E-state index contributed by atoms with van der Waals surface area (Å²) in [6, 6.07) is 3.92. The van der Waals surface area contributed by atoms with E-state index in [9.17, 15) is 4.79 Å². The van der Waals surface area contributed by atoms with E-state index < -0.39 is 0 Å². The van der Waals surface area contributed by atoms with E-state index in [1.807, 2.05) is 37.4 Å². The van der Waals surface area contributed by atoms with Crippen molar-refractivity contribution in [1.82, 2.24) is 0 Å². The van der Waals surface area contributed by atoms with Crippen LogP contribution >= 0.6 is 11.3 Å². The van der Waals surface area contributed by atoms with Crippen LogP contribution in [-0.2, 0) is 9.53 Å². The van der Waals surface area contributed by atoms with E-state index in [0.29, 0.717) is 12.2 Å². The summed E-state index contributed by atoms with van der Waals surface area (Å²) in [5, 5.41) is 1.98. The minimum atomic E-state index is -0.240. The molecule has 0 amide bonds. The smallest absolute Gasteiger partial charge is 0.333 e. The van der Waals surface area contributed by atoms with Gasteiger partial charge in [0, 0.05) is 10.5 Å². The van der Waals surface area contributed by atoms with Gasteiger partial charge in [-0.15, -0.1) is 11.3 Å². The lowest BCUT2D eigenvalue weighted by Gasteiger charge is -1.99. The van der Waals surface area contributed by atoms with Crippen LogP contribution in [0.4, 0.5) is 0 Å². The summed E-state index contributed by atoms with van der Waals surface area (Å²) in [5.41, 5.74) is 0.643. The molecule has 0 atom stereocenters. The van der Waals surface area contributed by atoms with Gasteiger partial charge in [-0.05, 0) is 31.4 Å². The van der Waals surface area contributed by atoms with Crippen LogP contribution in [0.5, 0.6) is 0 Å². The monoisotopic (exact) mass is 226 g/mol. The molecule has 0 spiro atoms. The van der Waals surface area contributed by atoms with Gasteiger partial charge in [-0.3, -0.25) is 0 Å². The summed E-state index contributed by atoms with van der Waals surface area (Å²) < 4.78 is 4.85. The number of esters is 1. The van der Waals surface area contributed by atoms with Crippen molar-refractivity contribution >= 4 is 23.4 Å². The van der Waals surface area contributed by atoms with E-state index in [4.69, 9.17) is 4.74 Å². The lowest BCUT2D eigenvalue weighted by Crippen LogP contribution is -2.04. The summed E-state index contributed by atoms with van der Waals surface area (Å²) in [6.45, 7) is 7.99. The Kier molecular flexibility index (Phi) is 7.64. The fourth-order valence-corrected chi connectivity index (χ4v) is 1.61. The molecule has 0 fully saturated rings. The first-order valence-corrected chi connectivity index (χ1v) is 6.01. The molecule has 0 saturated carbocycles. The molecule has 1 heterocycles. The lowest BCUT2D eigenvalue weighted by atomic mass is 10.2. The van der Waals surface area contributed by atoms with Crippen molar-refractivity contribution in [3.05, 3.63) is 28.0 Å². The average Bonchev–Trinajstić information content (AvgIpc) is 2.74. The van der Waals surface area contributed by atoms with Gasteiger partial charge in [0.15, 0.2) is 0 Å². The van der Waals surface area contributed by atoms with E-state index in [-0.39, 0.29) is 5.97 Å². The molecule has 0 aliphatic heterocycles. The zero-order chi connectivity index (χ0) is 11.7. The van der Waals surface area contributed by atoms with Gasteiger partial charge in [0.2, 0.25) is 0 Å². The number of hydrogen-bond donors (Lipinski definition) is 0. The quantitative estimate of drug-likeness (QED) is 0.579. The maximum absolute atomic E-state index is 11.2. The van der Waals surface area contributed by atoms with Gasteiger partial charge in [-0.25, -0.2) is 4.79 Å². The van der Waals surface area contributed by atoms with Gasteiger partial charge in [-0.1, -0.05) is 19.9 Å². The largest absolute Gasteiger partial charge is 0.463 e. The molecule has 0 bridgehead atoms. The predicted octanol–water partition coefficient (Wildman–Crippen LogP) is 3.74. The van der Waals surface area contributed by atoms with E-state index in [1.54, 1.807) is 25.2 Å². The molecular formula is C12H18O2S. The molecule has 0 unspecified atom stereocenters. The number of ether oxygens (including phenoxy) is 1. The molecular weight excluding hydrogens is 208 g/mol. The second-order valence-corrected chi connectivity index (χ2v) is 3.54. The Morgan fingerprint density at radius 2 is 2.20 bits per heavy atom. The van der Waals surface area contributed by atoms with Crippen LogP contribution in [0.2, 0.25) is 0 Å². The zero-order valence-electron chi connectivity index (χ0n) is 9.74. The van der Waals surface area contributed by atoms with Crippen molar-refractivity contribution in [1.29, 1.82) is 0 Å². The summed E-state index contributed by atoms with van der Waals surface area (Å²) in [4.78, 5) is 12.3. The second kappa shape index (κ2) is 8.24. The topological polar surface area (TPSA) is 26.3 Å². The van der Waals surface area contributed by atoms with Gasteiger partial charge >= 0.3 is 5.97 Å². The molecule has 0 N–H and O–H groups in total. The second-order valence-electron chi connectivity index (χ2n) is 2.56. The molecule has 0 radical (unpaired) electrons. The van der Waals surface area contributed by atoms with Crippen LogP contribution in [0.1, 0.15) is 32.6 Å². The Morgan fingerprint density at radius 3 is 2.67 bits per heavy atom. The highest BCUT2D eigenvalue weighted by Crippen LogP contribution is 2.13. The van der Waals surface area contributed by atoms with Crippen LogP contribution in [0.25, 0.3) is 6.08 Å². The molecule has 0 aliphatic rings. The number of thiophene rings is 1. The normalized spacial score (nSPS) is 10.3. The number of carbonyl (C=O) groups is 1. The lowest BCUT2D eigenvalue weighted by molar-refractivity contribution is -0.138. The molecule has 0 saturated heterocycles. The first-order chi connectivity index (χ1) is 7.24. The van der Waals surface area contributed by atoms with Gasteiger partial charge in [0.05, 0.1) is 6.61 Å². The highest BCUT2D eigenvalue weighted by molar-refractivity contribution is 7.10. The fraction of sp³-hybridized carbons (Fsp3) is 0.417. The third kappa shape index (κ3) is 5.37. The van der Waals surface area contributed by atoms with Crippen molar-refractivity contribution in [2.75, 3.05) is 6.61 Å². The minimum absolute atomic E-state index is 0.240. The van der Waals surface area contributed by atoms with Crippen LogP contribution in [0.3, 0.4) is 0 Å². The van der Waals surface area contributed by atoms with Crippen molar-refractivity contribution in [3.8, 4) is 0 Å². The maximum atomic E-state index is 11.2. The standard InChI is InChI=1S/C10H12O2S.C2H6/c1-3-12-10(11)8(2)7-9-5-4-6-13-9;1-2/h4-7H,3H2,1-2H3;1-2H3/b8-7+;. The Balaban J connectivity index is 0.000000921. The molecule has 2 nitrogen and oxygen atoms in total. The van der Waals surface area contributed by atoms with Crippen LogP contribution in [0, 0.1) is 0 Å². The summed E-state index contributed by atoms with van der Waals surface area (Å²) in [7, 11) is 0. The minimum Gasteiger partial charge on any atom is -0.463 e. The molecule has 84 valence electrons. The summed E-state index contributed by atoms with van der Waals surface area (Å²) in [5.74, 6) is -0.240. The first-order valence-electron chi connectivity index (χ1n) is 5.13. The first kappa shape index (κ1) is 13.9. The van der Waals surface area contributed by atoms with E-state index in [0.717, 1.165) is 4.88 Å². The van der Waals surface area contributed by atoms with Crippen molar-refractivity contribution in [2.24, 2.45) is 0 Å². The fourth-order valence-electron chi connectivity index (χ4n) is 0.891. The third-order valence-electron chi connectivity index (χ3n) is 1.50. The van der Waals surface area contributed by atoms with Crippen molar-refractivity contribution in [3.63, 3.8) is 0 Å². The highest BCUT2D eigenvalue weighted by Gasteiger charge is 2.03. The maximum Gasteiger partial charge on any atom is 0.333 e. The summed E-state index contributed by atoms with van der Waals surface area (Å²) >= 11 is 1.60. The molecule has 3 heteroatoms. The van der Waals surface area contributed by atoms with Crippen LogP contribution < -0.4 is 0 Å². The van der Waals surface area contributed by atoms with Crippen LogP contribution in [-0.4, -0.2) is 12.6 Å². The average molecular weight is 226 g/mol. The molecule has 1 rings (SSSR count). The SMILES string of the molecule is CC.CCOC(=O)/C(C)=C/c1cccs1. The van der Waals surface area contributed by atoms with Gasteiger partial charge in [0.25, 0.3) is 0 Å². The third-order valence-corrected chi connectivity index (χ3v) is 2.32. The summed E-state index contributed by atoms with van der Waals surface area (Å²) in [6.07, 6.45) is 1.84. The molecule has 1 aromatic rings. The van der Waals surface area contributed by atoms with E-state index in [1.165, 1.54) is 0 Å². The van der Waals surface area contributed by atoms with Gasteiger partial charge < -0.3 is 4.74 Å². The van der Waals surface area contributed by atoms with Crippen molar-refractivity contribution in [2.45, 2.75) is 27.7 Å². The number of carbonyl (C=O) groups excluding carboxylic acids is 1. The predicted molar refractivity (Wildman–Crippen MR) is 66.0 cm³/mol. The highest BCUT2D eigenvalue weighted by atomic mass is 32.1.